The van der Waals surface area contributed by atoms with E-state index in [1.54, 1.807) is 0 Å². The number of aromatic nitrogens is 2. The van der Waals surface area contributed by atoms with Gasteiger partial charge in [-0.1, -0.05) is 101 Å². The minimum absolute atomic E-state index is 0.528. The van der Waals surface area contributed by atoms with Gasteiger partial charge in [-0.25, -0.2) is 9.13 Å². The quantitative estimate of drug-likeness (QED) is 0.226. The lowest BCUT2D eigenvalue weighted by molar-refractivity contribution is -0.722. The van der Waals surface area contributed by atoms with Gasteiger partial charge in [-0.2, -0.15) is 0 Å². The highest BCUT2D eigenvalue weighted by Gasteiger charge is 2.19. The van der Waals surface area contributed by atoms with Crippen LogP contribution in [0.15, 0.2) is 42.7 Å². The van der Waals surface area contributed by atoms with Crippen LogP contribution in [-0.4, -0.2) is 4.57 Å². The van der Waals surface area contributed by atoms with Gasteiger partial charge in [0.05, 0.1) is 6.04 Å². The number of unbranched alkanes of at least 4 members (excludes halogenated alkanes) is 10. The second kappa shape index (κ2) is 13.6. The van der Waals surface area contributed by atoms with Gasteiger partial charge >= 0.3 is 0 Å². The van der Waals surface area contributed by atoms with Crippen molar-refractivity contribution < 1.29 is 4.57 Å². The molecule has 0 bridgehead atoms. The second-order valence-corrected chi connectivity index (χ2v) is 8.61. The zero-order chi connectivity index (χ0) is 20.0. The topological polar surface area (TPSA) is 8.81 Å². The molecule has 0 atom stereocenters. The first-order chi connectivity index (χ1) is 13.7. The molecule has 156 valence electrons. The maximum absolute atomic E-state index is 2.46. The predicted octanol–water partition coefficient (Wildman–Crippen LogP) is 7.26. The summed E-state index contributed by atoms with van der Waals surface area (Å²) >= 11 is 0. The second-order valence-electron chi connectivity index (χ2n) is 8.61. The molecule has 0 N–H and O–H groups in total. The third-order valence-corrected chi connectivity index (χ3v) is 5.79. The first-order valence-corrected chi connectivity index (χ1v) is 11.9. The number of hydrogen-bond acceptors (Lipinski definition) is 0. The van der Waals surface area contributed by atoms with E-state index in [1.807, 2.05) is 0 Å². The molecule has 0 amide bonds. The Morgan fingerprint density at radius 3 is 1.93 bits per heavy atom. The zero-order valence-corrected chi connectivity index (χ0v) is 18.7. The van der Waals surface area contributed by atoms with Gasteiger partial charge in [0.2, 0.25) is 0 Å². The summed E-state index contributed by atoms with van der Waals surface area (Å²) in [6, 6.07) is 11.4. The fourth-order valence-electron chi connectivity index (χ4n) is 4.09. The van der Waals surface area contributed by atoms with E-state index in [4.69, 9.17) is 0 Å². The molecule has 0 fully saturated rings. The molecular formula is C26H43N2+. The lowest BCUT2D eigenvalue weighted by Crippen LogP contribution is -2.39. The van der Waals surface area contributed by atoms with Gasteiger partial charge in [-0.15, -0.1) is 0 Å². The Balaban J connectivity index is 1.70. The molecule has 0 aliphatic carbocycles. The van der Waals surface area contributed by atoms with Crippen molar-refractivity contribution in [2.45, 2.75) is 110 Å². The maximum atomic E-state index is 2.46. The molecule has 0 radical (unpaired) electrons. The summed E-state index contributed by atoms with van der Waals surface area (Å²) in [5.74, 6) is 1.48. The molecule has 0 spiro atoms. The molecule has 2 rings (SSSR count). The Hall–Kier alpha value is -1.57. The summed E-state index contributed by atoms with van der Waals surface area (Å²) in [5, 5.41) is 0. The van der Waals surface area contributed by atoms with Crippen molar-refractivity contribution in [3.05, 3.63) is 54.1 Å². The minimum atomic E-state index is 0.528. The smallest absolute Gasteiger partial charge is 0.232 e. The first kappa shape index (κ1) is 22.7. The lowest BCUT2D eigenvalue weighted by atomic mass is 10.1. The SMILES string of the molecule is CCCCCCCCCCCCCc1n(Cc2ccccc2)cc[n+]1C(C)C. The van der Waals surface area contributed by atoms with E-state index in [0.29, 0.717) is 6.04 Å². The van der Waals surface area contributed by atoms with Crippen LogP contribution in [0.25, 0.3) is 0 Å². The molecule has 0 unspecified atom stereocenters. The summed E-state index contributed by atoms with van der Waals surface area (Å²) in [4.78, 5) is 0. The molecule has 1 aromatic heterocycles. The highest BCUT2D eigenvalue weighted by molar-refractivity contribution is 5.15. The average Bonchev–Trinajstić information content (AvgIpc) is 3.09. The Bertz CT molecular complexity index is 627. The van der Waals surface area contributed by atoms with Gasteiger partial charge in [-0.05, 0) is 25.8 Å². The van der Waals surface area contributed by atoms with Crippen LogP contribution in [0.1, 0.15) is 109 Å². The van der Waals surface area contributed by atoms with Crippen LogP contribution in [0, 0.1) is 0 Å². The Kier molecular flexibility index (Phi) is 11.0. The number of rotatable bonds is 15. The third kappa shape index (κ3) is 8.20. The van der Waals surface area contributed by atoms with Crippen molar-refractivity contribution in [3.8, 4) is 0 Å². The molecule has 2 nitrogen and oxygen atoms in total. The van der Waals surface area contributed by atoms with Crippen molar-refractivity contribution in [3.63, 3.8) is 0 Å². The third-order valence-electron chi connectivity index (χ3n) is 5.79. The Morgan fingerprint density at radius 2 is 1.36 bits per heavy atom. The van der Waals surface area contributed by atoms with Crippen LogP contribution in [0.3, 0.4) is 0 Å². The van der Waals surface area contributed by atoms with E-state index in [0.717, 1.165) is 6.54 Å². The number of hydrogen-bond donors (Lipinski definition) is 0. The molecule has 1 aromatic carbocycles. The van der Waals surface area contributed by atoms with Crippen LogP contribution in [-0.2, 0) is 13.0 Å². The molecule has 2 heteroatoms. The van der Waals surface area contributed by atoms with E-state index in [2.05, 4.69) is 72.6 Å². The standard InChI is InChI=1S/C26H43N2/c1-4-5-6-7-8-9-10-11-12-13-17-20-26-27(21-22-28(26)24(2)3)23-25-18-15-14-16-19-25/h14-16,18-19,21-22,24H,4-13,17,20,23H2,1-3H3/q+1. The van der Waals surface area contributed by atoms with Crippen LogP contribution in [0.4, 0.5) is 0 Å². The fraction of sp³-hybridized carbons (Fsp3) is 0.654. The van der Waals surface area contributed by atoms with Gasteiger partial charge in [0, 0.05) is 6.42 Å². The van der Waals surface area contributed by atoms with Crippen molar-refractivity contribution in [1.29, 1.82) is 0 Å². The molecular weight excluding hydrogens is 340 g/mol. The summed E-state index contributed by atoms with van der Waals surface area (Å²) < 4.78 is 4.91. The van der Waals surface area contributed by atoms with Gasteiger partial charge in [0.1, 0.15) is 18.9 Å². The molecule has 0 aliphatic rings. The Labute approximate surface area is 174 Å². The van der Waals surface area contributed by atoms with Gasteiger partial charge < -0.3 is 0 Å². The van der Waals surface area contributed by atoms with Crippen LogP contribution in [0.5, 0.6) is 0 Å². The first-order valence-electron chi connectivity index (χ1n) is 11.9. The van der Waals surface area contributed by atoms with E-state index >= 15 is 0 Å². The van der Waals surface area contributed by atoms with Crippen molar-refractivity contribution in [1.82, 2.24) is 4.57 Å². The molecule has 0 aliphatic heterocycles. The van der Waals surface area contributed by atoms with Gasteiger partial charge in [0.25, 0.3) is 5.82 Å². The van der Waals surface area contributed by atoms with Crippen molar-refractivity contribution >= 4 is 0 Å². The number of imidazole rings is 1. The molecule has 1 heterocycles. The van der Waals surface area contributed by atoms with Crippen molar-refractivity contribution in [2.24, 2.45) is 0 Å². The van der Waals surface area contributed by atoms with Crippen LogP contribution in [0.2, 0.25) is 0 Å². The summed E-state index contributed by atoms with van der Waals surface area (Å²) in [7, 11) is 0. The largest absolute Gasteiger partial charge is 0.256 e. The molecule has 2 aromatic rings. The van der Waals surface area contributed by atoms with Gasteiger partial charge in [-0.3, -0.25) is 0 Å². The average molecular weight is 384 g/mol. The number of nitrogens with zero attached hydrogens (tertiary/aromatic N) is 2. The zero-order valence-electron chi connectivity index (χ0n) is 18.7. The Morgan fingerprint density at radius 1 is 0.786 bits per heavy atom. The highest BCUT2D eigenvalue weighted by atomic mass is 15.2. The van der Waals surface area contributed by atoms with E-state index in [1.165, 1.54) is 88.4 Å². The summed E-state index contributed by atoms with van der Waals surface area (Å²) in [6.45, 7) is 7.85. The molecule has 0 saturated carbocycles. The van der Waals surface area contributed by atoms with Gasteiger partial charge in [0.15, 0.2) is 0 Å². The maximum Gasteiger partial charge on any atom is 0.256 e. The van der Waals surface area contributed by atoms with Crippen LogP contribution >= 0.6 is 0 Å². The van der Waals surface area contributed by atoms with E-state index < -0.39 is 0 Å². The lowest BCUT2D eigenvalue weighted by Gasteiger charge is -2.08. The highest BCUT2D eigenvalue weighted by Crippen LogP contribution is 2.14. The van der Waals surface area contributed by atoms with Crippen molar-refractivity contribution in [2.75, 3.05) is 0 Å². The summed E-state index contributed by atoms with van der Waals surface area (Å²) in [6.07, 6.45) is 21.2. The predicted molar refractivity (Wildman–Crippen MR) is 121 cm³/mol. The monoisotopic (exact) mass is 383 g/mol. The summed E-state index contributed by atoms with van der Waals surface area (Å²) in [5.41, 5.74) is 1.38. The normalized spacial score (nSPS) is 11.4. The minimum Gasteiger partial charge on any atom is -0.232 e. The van der Waals surface area contributed by atoms with E-state index in [9.17, 15) is 0 Å². The molecule has 0 saturated heterocycles. The fourth-order valence-corrected chi connectivity index (χ4v) is 4.09. The molecule has 28 heavy (non-hydrogen) atoms. The van der Waals surface area contributed by atoms with E-state index in [-0.39, 0.29) is 0 Å². The number of benzene rings is 1. The van der Waals surface area contributed by atoms with Crippen LogP contribution < -0.4 is 4.57 Å².